The number of ether oxygens (including phenoxy) is 4. The molecule has 0 fully saturated rings. The number of hydrogen-bond acceptors (Lipinski definition) is 6. The van der Waals surface area contributed by atoms with Crippen molar-refractivity contribution in [1.82, 2.24) is 5.32 Å². The third-order valence-corrected chi connectivity index (χ3v) is 2.97. The van der Waals surface area contributed by atoms with E-state index in [0.29, 0.717) is 22.8 Å². The first-order valence-corrected chi connectivity index (χ1v) is 7.18. The van der Waals surface area contributed by atoms with Crippen LogP contribution in [0.4, 0.5) is 13.2 Å². The number of carbonyl (C=O) groups is 2. The maximum atomic E-state index is 11.9. The molecule has 10 heteroatoms. The molecule has 0 spiro atoms. The van der Waals surface area contributed by atoms with Crippen LogP contribution in [0.25, 0.3) is 6.08 Å². The van der Waals surface area contributed by atoms with E-state index in [1.165, 1.54) is 27.4 Å². The molecule has 1 aromatic rings. The van der Waals surface area contributed by atoms with Gasteiger partial charge in [0.1, 0.15) is 12.3 Å². The van der Waals surface area contributed by atoms with Gasteiger partial charge in [0.25, 0.3) is 5.91 Å². The molecule has 0 bridgehead atoms. The second-order valence-corrected chi connectivity index (χ2v) is 4.78. The van der Waals surface area contributed by atoms with Crippen molar-refractivity contribution in [2.75, 3.05) is 34.5 Å². The molecule has 7 nitrogen and oxygen atoms in total. The zero-order chi connectivity index (χ0) is 19.7. The lowest BCUT2D eigenvalue weighted by molar-refractivity contribution is -0.148. The molecule has 1 rings (SSSR count). The van der Waals surface area contributed by atoms with E-state index in [1.54, 1.807) is 17.4 Å². The Balaban J connectivity index is 2.69. The summed E-state index contributed by atoms with van der Waals surface area (Å²) in [5.74, 6) is -0.773. The van der Waals surface area contributed by atoms with Crippen LogP contribution in [0.1, 0.15) is 5.56 Å². The number of benzene rings is 1. The van der Waals surface area contributed by atoms with Crippen LogP contribution in [-0.2, 0) is 14.3 Å². The number of nitrogens with one attached hydrogen (secondary N) is 1. The summed E-state index contributed by atoms with van der Waals surface area (Å²) in [6.07, 6.45) is -2.19. The number of methoxy groups -OCH3 is 3. The van der Waals surface area contributed by atoms with Crippen molar-refractivity contribution in [2.45, 2.75) is 6.18 Å². The van der Waals surface area contributed by atoms with Crippen molar-refractivity contribution in [3.05, 3.63) is 23.8 Å². The second kappa shape index (κ2) is 9.54. The van der Waals surface area contributed by atoms with Gasteiger partial charge in [-0.05, 0) is 12.1 Å². The van der Waals surface area contributed by atoms with Crippen LogP contribution >= 0.6 is 0 Å². The van der Waals surface area contributed by atoms with E-state index in [4.69, 9.17) is 14.2 Å². The Labute approximate surface area is 147 Å². The first-order chi connectivity index (χ1) is 12.2. The van der Waals surface area contributed by atoms with Gasteiger partial charge in [0.05, 0.1) is 21.3 Å². The molecular weight excluding hydrogens is 359 g/mol. The van der Waals surface area contributed by atoms with Crippen LogP contribution in [-0.4, -0.2) is 52.5 Å². The molecule has 0 saturated heterocycles. The Kier molecular flexibility index (Phi) is 7.76. The highest BCUT2D eigenvalue weighted by Gasteiger charge is 2.27. The summed E-state index contributed by atoms with van der Waals surface area (Å²) in [5, 5.41) is 1.58. The van der Waals surface area contributed by atoms with Gasteiger partial charge >= 0.3 is 12.1 Å². The van der Waals surface area contributed by atoms with E-state index >= 15 is 0 Å². The van der Waals surface area contributed by atoms with E-state index in [9.17, 15) is 22.8 Å². The molecule has 0 radical (unpaired) electrons. The fraction of sp³-hybridized carbons (Fsp3) is 0.375. The van der Waals surface area contributed by atoms with Crippen LogP contribution in [0, 0.1) is 0 Å². The lowest BCUT2D eigenvalue weighted by Gasteiger charge is -2.12. The normalized spacial score (nSPS) is 11.2. The molecule has 0 heterocycles. The summed E-state index contributed by atoms with van der Waals surface area (Å²) in [5.41, 5.74) is 0.462. The Hall–Kier alpha value is -2.91. The van der Waals surface area contributed by atoms with E-state index in [2.05, 4.69) is 4.74 Å². The minimum Gasteiger partial charge on any atom is -0.496 e. The van der Waals surface area contributed by atoms with Gasteiger partial charge in [-0.1, -0.05) is 0 Å². The molecule has 26 heavy (non-hydrogen) atoms. The Morgan fingerprint density at radius 3 is 2.15 bits per heavy atom. The minimum atomic E-state index is -4.54. The average Bonchev–Trinajstić information content (AvgIpc) is 2.61. The highest BCUT2D eigenvalue weighted by atomic mass is 19.4. The average molecular weight is 377 g/mol. The molecule has 0 aromatic heterocycles. The number of halogens is 3. The van der Waals surface area contributed by atoms with E-state index in [1.807, 2.05) is 0 Å². The quantitative estimate of drug-likeness (QED) is 0.551. The maximum absolute atomic E-state index is 11.9. The Morgan fingerprint density at radius 1 is 1.04 bits per heavy atom. The highest BCUT2D eigenvalue weighted by molar-refractivity contribution is 5.89. The number of rotatable bonds is 8. The predicted octanol–water partition coefficient (Wildman–Crippen LogP) is 1.95. The standard InChI is InChI=1S/C16H18F3NO6/c1-23-11-7-13(25-3)12(24-2)6-10(11)4-5-15(22)26-8-14(21)20-9-16(17,18)19/h4-7H,8-9H2,1-3H3,(H,20,21)/b5-4+. The number of hydrogen-bond donors (Lipinski definition) is 1. The SMILES string of the molecule is COc1cc(OC)c(OC)cc1/C=C/C(=O)OCC(=O)NCC(F)(F)F. The van der Waals surface area contributed by atoms with Crippen molar-refractivity contribution in [1.29, 1.82) is 0 Å². The van der Waals surface area contributed by atoms with Gasteiger partial charge in [0.2, 0.25) is 0 Å². The lowest BCUT2D eigenvalue weighted by Crippen LogP contribution is -2.36. The van der Waals surface area contributed by atoms with Crippen molar-refractivity contribution >= 4 is 18.0 Å². The van der Waals surface area contributed by atoms with Gasteiger partial charge in [0.15, 0.2) is 18.1 Å². The summed E-state index contributed by atoms with van der Waals surface area (Å²) in [4.78, 5) is 22.8. The first-order valence-electron chi connectivity index (χ1n) is 7.18. The molecule has 0 aliphatic carbocycles. The summed E-state index contributed by atoms with van der Waals surface area (Å²) >= 11 is 0. The molecule has 1 amide bonds. The molecule has 0 saturated carbocycles. The monoisotopic (exact) mass is 377 g/mol. The van der Waals surface area contributed by atoms with Gasteiger partial charge < -0.3 is 24.3 Å². The smallest absolute Gasteiger partial charge is 0.405 e. The van der Waals surface area contributed by atoms with Gasteiger partial charge in [-0.3, -0.25) is 4.79 Å². The molecule has 1 N–H and O–H groups in total. The van der Waals surface area contributed by atoms with Gasteiger partial charge in [-0.25, -0.2) is 4.79 Å². The zero-order valence-electron chi connectivity index (χ0n) is 14.3. The largest absolute Gasteiger partial charge is 0.496 e. The van der Waals surface area contributed by atoms with Crippen LogP contribution in [0.5, 0.6) is 17.2 Å². The van der Waals surface area contributed by atoms with Gasteiger partial charge in [-0.15, -0.1) is 0 Å². The Bertz CT molecular complexity index is 673. The topological polar surface area (TPSA) is 83.1 Å². The van der Waals surface area contributed by atoms with Gasteiger partial charge in [-0.2, -0.15) is 13.2 Å². The third-order valence-electron chi connectivity index (χ3n) is 2.97. The van der Waals surface area contributed by atoms with Crippen molar-refractivity contribution in [3.8, 4) is 17.2 Å². The fourth-order valence-corrected chi connectivity index (χ4v) is 1.78. The lowest BCUT2D eigenvalue weighted by atomic mass is 10.1. The van der Waals surface area contributed by atoms with Gasteiger partial charge in [0, 0.05) is 17.7 Å². The summed E-state index contributed by atoms with van der Waals surface area (Å²) in [6, 6.07) is 3.10. The number of alkyl halides is 3. The molecule has 0 unspecified atom stereocenters. The van der Waals surface area contributed by atoms with E-state index in [-0.39, 0.29) is 0 Å². The summed E-state index contributed by atoms with van der Waals surface area (Å²) in [6.45, 7) is -2.33. The van der Waals surface area contributed by atoms with Crippen LogP contribution in [0.2, 0.25) is 0 Å². The number of esters is 1. The number of amides is 1. The summed E-state index contributed by atoms with van der Waals surface area (Å²) < 4.78 is 55.8. The predicted molar refractivity (Wildman–Crippen MR) is 85.2 cm³/mol. The highest BCUT2D eigenvalue weighted by Crippen LogP contribution is 2.35. The second-order valence-electron chi connectivity index (χ2n) is 4.78. The first kappa shape index (κ1) is 21.1. The zero-order valence-corrected chi connectivity index (χ0v) is 14.3. The molecule has 0 atom stereocenters. The van der Waals surface area contributed by atoms with Crippen molar-refractivity contribution in [3.63, 3.8) is 0 Å². The minimum absolute atomic E-state index is 0.384. The van der Waals surface area contributed by atoms with E-state index in [0.717, 1.165) is 6.08 Å². The molecule has 144 valence electrons. The van der Waals surface area contributed by atoms with Crippen LogP contribution in [0.15, 0.2) is 18.2 Å². The third kappa shape index (κ3) is 6.91. The van der Waals surface area contributed by atoms with Crippen molar-refractivity contribution in [2.24, 2.45) is 0 Å². The fourth-order valence-electron chi connectivity index (χ4n) is 1.78. The maximum Gasteiger partial charge on any atom is 0.405 e. The number of carbonyl (C=O) groups excluding carboxylic acids is 2. The molecule has 1 aromatic carbocycles. The molecule has 0 aliphatic heterocycles. The van der Waals surface area contributed by atoms with Crippen LogP contribution < -0.4 is 19.5 Å². The molecule has 0 aliphatic rings. The Morgan fingerprint density at radius 2 is 1.62 bits per heavy atom. The van der Waals surface area contributed by atoms with Crippen LogP contribution in [0.3, 0.4) is 0 Å². The van der Waals surface area contributed by atoms with E-state index < -0.39 is 31.2 Å². The summed E-state index contributed by atoms with van der Waals surface area (Å²) in [7, 11) is 4.31. The van der Waals surface area contributed by atoms with Crippen molar-refractivity contribution < 1.29 is 41.7 Å². The molecular formula is C16H18F3NO6.